The molecule has 0 saturated carbocycles. The third kappa shape index (κ3) is 3.14. The maximum atomic E-state index is 12.5. The van der Waals surface area contributed by atoms with Gasteiger partial charge < -0.3 is 5.32 Å². The Bertz CT molecular complexity index is 305. The molecule has 0 radical (unpaired) electrons. The van der Waals surface area contributed by atoms with Crippen LogP contribution < -0.4 is 5.32 Å². The summed E-state index contributed by atoms with van der Waals surface area (Å²) < 4.78 is 24.9. The van der Waals surface area contributed by atoms with Crippen LogP contribution >= 0.6 is 0 Å². The Hall–Kier alpha value is -1.52. The van der Waals surface area contributed by atoms with Gasteiger partial charge in [-0.2, -0.15) is 18.7 Å². The molecule has 0 saturated heterocycles. The summed E-state index contributed by atoms with van der Waals surface area (Å²) in [5, 5.41) is 2.70. The third-order valence-electron chi connectivity index (χ3n) is 1.24. The van der Waals surface area contributed by atoms with Gasteiger partial charge in [-0.3, -0.25) is 0 Å². The molecule has 0 spiro atoms. The summed E-state index contributed by atoms with van der Waals surface area (Å²) in [6.07, 6.45) is -1.08. The number of hydrogen-bond donors (Lipinski definition) is 1. The van der Waals surface area contributed by atoms with Crippen LogP contribution in [0.4, 0.5) is 14.6 Å². The molecule has 13 heavy (non-hydrogen) atoms. The number of aromatic nitrogens is 2. The van der Waals surface area contributed by atoms with E-state index in [1.807, 2.05) is 0 Å². The van der Waals surface area contributed by atoms with E-state index >= 15 is 0 Å². The summed E-state index contributed by atoms with van der Waals surface area (Å²) >= 11 is 0. The van der Waals surface area contributed by atoms with Gasteiger partial charge in [-0.1, -0.05) is 12.2 Å². The zero-order valence-electron chi connectivity index (χ0n) is 7.14. The maximum absolute atomic E-state index is 12.5. The van der Waals surface area contributed by atoms with Gasteiger partial charge in [0.15, 0.2) is 0 Å². The molecular formula is C8H9F2N3. The van der Waals surface area contributed by atoms with Gasteiger partial charge in [0.1, 0.15) is 5.82 Å². The third-order valence-corrected chi connectivity index (χ3v) is 1.24. The van der Waals surface area contributed by atoms with Gasteiger partial charge in [0.2, 0.25) is 5.95 Å². The van der Waals surface area contributed by atoms with E-state index in [-0.39, 0.29) is 5.82 Å². The van der Waals surface area contributed by atoms with Gasteiger partial charge in [0.05, 0.1) is 0 Å². The Balaban J connectivity index is 2.71. The summed E-state index contributed by atoms with van der Waals surface area (Å²) in [4.78, 5) is 6.19. The van der Waals surface area contributed by atoms with E-state index in [4.69, 9.17) is 0 Å². The highest BCUT2D eigenvalue weighted by Gasteiger charge is 2.02. The van der Waals surface area contributed by atoms with Crippen LogP contribution in [0.15, 0.2) is 18.2 Å². The topological polar surface area (TPSA) is 37.8 Å². The molecule has 1 heterocycles. The zero-order valence-corrected chi connectivity index (χ0v) is 7.14. The minimum absolute atomic E-state index is 0.119. The fourth-order valence-electron chi connectivity index (χ4n) is 0.722. The van der Waals surface area contributed by atoms with E-state index in [1.165, 1.54) is 0 Å². The van der Waals surface area contributed by atoms with Crippen molar-refractivity contribution in [1.82, 2.24) is 9.97 Å². The molecule has 0 amide bonds. The highest BCUT2D eigenvalue weighted by Crippen LogP contribution is 2.05. The van der Waals surface area contributed by atoms with Crippen LogP contribution in [0.25, 0.3) is 0 Å². The monoisotopic (exact) mass is 185 g/mol. The molecule has 0 fully saturated rings. The van der Waals surface area contributed by atoms with Crippen molar-refractivity contribution in [3.05, 3.63) is 30.2 Å². The molecule has 0 aliphatic carbocycles. The second-order valence-electron chi connectivity index (χ2n) is 2.66. The van der Waals surface area contributed by atoms with Crippen LogP contribution in [0.2, 0.25) is 0 Å². The molecule has 1 aromatic rings. The van der Waals surface area contributed by atoms with E-state index in [0.29, 0.717) is 6.54 Å². The molecule has 0 bridgehead atoms. The molecule has 0 aliphatic rings. The second kappa shape index (κ2) is 3.93. The highest BCUT2D eigenvalue weighted by atomic mass is 19.1. The lowest BCUT2D eigenvalue weighted by molar-refractivity contribution is 0.484. The number of nitrogens with zero attached hydrogens (tertiary/aromatic N) is 2. The number of nitrogens with one attached hydrogen (secondary N) is 1. The molecule has 0 atom stereocenters. The molecule has 0 unspecified atom stereocenters. The number of anilines is 1. The first-order valence-corrected chi connectivity index (χ1v) is 3.66. The van der Waals surface area contributed by atoms with Gasteiger partial charge in [0.25, 0.3) is 0 Å². The van der Waals surface area contributed by atoms with E-state index in [1.54, 1.807) is 6.92 Å². The Labute approximate surface area is 74.5 Å². The van der Waals surface area contributed by atoms with Crippen molar-refractivity contribution >= 4 is 5.82 Å². The highest BCUT2D eigenvalue weighted by molar-refractivity contribution is 5.33. The molecule has 1 N–H and O–H groups in total. The molecular weight excluding hydrogens is 176 g/mol. The summed E-state index contributed by atoms with van der Waals surface area (Å²) in [6, 6.07) is 1.02. The summed E-state index contributed by atoms with van der Waals surface area (Å²) in [5.41, 5.74) is 0.847. The smallest absolute Gasteiger partial charge is 0.313 e. The molecule has 3 nitrogen and oxygen atoms in total. The predicted molar refractivity (Wildman–Crippen MR) is 45.3 cm³/mol. The van der Waals surface area contributed by atoms with Gasteiger partial charge in [0, 0.05) is 12.6 Å². The number of rotatable bonds is 3. The minimum Gasteiger partial charge on any atom is -0.366 e. The van der Waals surface area contributed by atoms with Crippen LogP contribution in [0, 0.1) is 12.0 Å². The SMILES string of the molecule is C=C(C)CNc1cc(F)nc(F)n1. The first-order valence-electron chi connectivity index (χ1n) is 3.66. The van der Waals surface area contributed by atoms with E-state index in [9.17, 15) is 8.78 Å². The average Bonchev–Trinajstić information content (AvgIpc) is 1.99. The van der Waals surface area contributed by atoms with Crippen LogP contribution in [-0.4, -0.2) is 16.5 Å². The standard InChI is InChI=1S/C8H9F2N3/c1-5(2)4-11-7-3-6(9)12-8(10)13-7/h3H,1,4H2,2H3,(H,11,12,13). The molecule has 70 valence electrons. The van der Waals surface area contributed by atoms with Crippen molar-refractivity contribution in [2.24, 2.45) is 0 Å². The quantitative estimate of drug-likeness (QED) is 0.443. The molecule has 5 heteroatoms. The number of hydrogen-bond acceptors (Lipinski definition) is 3. The molecule has 0 aliphatic heterocycles. The lowest BCUT2D eigenvalue weighted by Gasteiger charge is -2.03. The van der Waals surface area contributed by atoms with Crippen LogP contribution in [0.3, 0.4) is 0 Å². The average molecular weight is 185 g/mol. The second-order valence-corrected chi connectivity index (χ2v) is 2.66. The fourth-order valence-corrected chi connectivity index (χ4v) is 0.722. The van der Waals surface area contributed by atoms with E-state index in [2.05, 4.69) is 21.9 Å². The largest absolute Gasteiger partial charge is 0.366 e. The zero-order chi connectivity index (χ0) is 9.84. The van der Waals surface area contributed by atoms with Crippen molar-refractivity contribution in [1.29, 1.82) is 0 Å². The van der Waals surface area contributed by atoms with Crippen LogP contribution in [0.5, 0.6) is 0 Å². The van der Waals surface area contributed by atoms with E-state index in [0.717, 1.165) is 11.6 Å². The van der Waals surface area contributed by atoms with Crippen LogP contribution in [-0.2, 0) is 0 Å². The van der Waals surface area contributed by atoms with Gasteiger partial charge in [-0.05, 0) is 6.92 Å². The van der Waals surface area contributed by atoms with Gasteiger partial charge in [-0.15, -0.1) is 0 Å². The Morgan fingerprint density at radius 3 is 2.77 bits per heavy atom. The first kappa shape index (κ1) is 9.57. The minimum atomic E-state index is -1.08. The van der Waals surface area contributed by atoms with Crippen molar-refractivity contribution in [3.8, 4) is 0 Å². The summed E-state index contributed by atoms with van der Waals surface area (Å²) in [6.45, 7) is 5.84. The van der Waals surface area contributed by atoms with Gasteiger partial charge >= 0.3 is 6.08 Å². The lowest BCUT2D eigenvalue weighted by Crippen LogP contribution is -2.06. The van der Waals surface area contributed by atoms with Crippen molar-refractivity contribution in [3.63, 3.8) is 0 Å². The first-order chi connectivity index (χ1) is 6.08. The Morgan fingerprint density at radius 2 is 2.23 bits per heavy atom. The van der Waals surface area contributed by atoms with Crippen molar-refractivity contribution < 1.29 is 8.78 Å². The van der Waals surface area contributed by atoms with Crippen molar-refractivity contribution in [2.75, 3.05) is 11.9 Å². The summed E-state index contributed by atoms with van der Waals surface area (Å²) in [5.74, 6) is -0.773. The van der Waals surface area contributed by atoms with E-state index < -0.39 is 12.0 Å². The maximum Gasteiger partial charge on any atom is 0.313 e. The molecule has 1 rings (SSSR count). The van der Waals surface area contributed by atoms with Crippen molar-refractivity contribution in [2.45, 2.75) is 6.92 Å². The normalized spacial score (nSPS) is 9.77. The number of halogens is 2. The van der Waals surface area contributed by atoms with Crippen LogP contribution in [0.1, 0.15) is 6.92 Å². The Morgan fingerprint density at radius 1 is 1.54 bits per heavy atom. The summed E-state index contributed by atoms with van der Waals surface area (Å²) in [7, 11) is 0. The van der Waals surface area contributed by atoms with Gasteiger partial charge in [-0.25, -0.2) is 0 Å². The fraction of sp³-hybridized carbons (Fsp3) is 0.250. The molecule has 0 aromatic carbocycles. The Kier molecular flexibility index (Phi) is 2.89. The lowest BCUT2D eigenvalue weighted by atomic mass is 10.3. The predicted octanol–water partition coefficient (Wildman–Crippen LogP) is 1.74. The molecule has 1 aromatic heterocycles.